The maximum atomic E-state index is 6.28. The number of hydrogen-bond acceptors (Lipinski definition) is 1. The molecule has 21 heavy (non-hydrogen) atoms. The Labute approximate surface area is 142 Å². The molecule has 106 valence electrons. The lowest BCUT2D eigenvalue weighted by atomic mass is 10.1. The molecule has 0 saturated carbocycles. The summed E-state index contributed by atoms with van der Waals surface area (Å²) < 4.78 is 3.14. The first-order chi connectivity index (χ1) is 10.1. The monoisotopic (exact) mass is 408 g/mol. The summed E-state index contributed by atoms with van der Waals surface area (Å²) in [5, 5.41) is 5.23. The van der Waals surface area contributed by atoms with E-state index in [4.69, 9.17) is 11.6 Å². The molecule has 1 heterocycles. The molecule has 0 aliphatic carbocycles. The van der Waals surface area contributed by atoms with Crippen LogP contribution in [0.2, 0.25) is 5.02 Å². The molecule has 0 saturated heterocycles. The van der Waals surface area contributed by atoms with Crippen LogP contribution in [0.4, 0.5) is 0 Å². The highest BCUT2D eigenvalue weighted by molar-refractivity contribution is 14.1. The first-order valence-electron chi connectivity index (χ1n) is 6.65. The summed E-state index contributed by atoms with van der Waals surface area (Å²) in [6.07, 6.45) is 3.95. The highest BCUT2D eigenvalue weighted by Gasteiger charge is 2.05. The Balaban J connectivity index is 1.85. The smallest absolute Gasteiger partial charge is 0.0674 e. The van der Waals surface area contributed by atoms with Gasteiger partial charge in [0.25, 0.3) is 0 Å². The van der Waals surface area contributed by atoms with Crippen LogP contribution in [-0.4, -0.2) is 9.78 Å². The van der Waals surface area contributed by atoms with E-state index in [1.807, 2.05) is 23.9 Å². The molecule has 0 unspecified atom stereocenters. The second-order valence-corrected chi connectivity index (χ2v) is 6.68. The van der Waals surface area contributed by atoms with E-state index < -0.39 is 0 Å². The summed E-state index contributed by atoms with van der Waals surface area (Å²) in [7, 11) is 0. The summed E-state index contributed by atoms with van der Waals surface area (Å²) in [6, 6.07) is 14.5. The highest BCUT2D eigenvalue weighted by Crippen LogP contribution is 2.22. The molecular formula is C17H14ClIN2. The molecule has 4 heteroatoms. The average Bonchev–Trinajstić information content (AvgIpc) is 2.91. The Bertz CT molecular complexity index is 780. The van der Waals surface area contributed by atoms with Gasteiger partial charge in [0.2, 0.25) is 0 Å². The normalized spacial score (nSPS) is 10.8. The van der Waals surface area contributed by atoms with Crippen molar-refractivity contribution >= 4 is 34.2 Å². The van der Waals surface area contributed by atoms with Crippen LogP contribution in [0.15, 0.2) is 54.9 Å². The Kier molecular flexibility index (Phi) is 4.31. The summed E-state index contributed by atoms with van der Waals surface area (Å²) >= 11 is 8.60. The van der Waals surface area contributed by atoms with E-state index in [0.29, 0.717) is 6.54 Å². The molecule has 0 N–H and O–H groups in total. The minimum atomic E-state index is 0.684. The third-order valence-corrected chi connectivity index (χ3v) is 4.35. The lowest BCUT2D eigenvalue weighted by molar-refractivity contribution is 0.687. The fraction of sp³-hybridized carbons (Fsp3) is 0.118. The van der Waals surface area contributed by atoms with Gasteiger partial charge in [-0.1, -0.05) is 35.9 Å². The first-order valence-corrected chi connectivity index (χ1v) is 8.11. The van der Waals surface area contributed by atoms with Crippen LogP contribution in [-0.2, 0) is 6.54 Å². The first kappa shape index (κ1) is 14.6. The zero-order valence-corrected chi connectivity index (χ0v) is 14.5. The van der Waals surface area contributed by atoms with Crippen LogP contribution < -0.4 is 0 Å². The quantitative estimate of drug-likeness (QED) is 0.547. The van der Waals surface area contributed by atoms with Crippen LogP contribution in [0.3, 0.4) is 0 Å². The van der Waals surface area contributed by atoms with Gasteiger partial charge in [-0.05, 0) is 64.4 Å². The molecule has 0 amide bonds. The van der Waals surface area contributed by atoms with Crippen LogP contribution in [0.5, 0.6) is 0 Å². The van der Waals surface area contributed by atoms with Gasteiger partial charge in [0, 0.05) is 20.4 Å². The van der Waals surface area contributed by atoms with Gasteiger partial charge in [-0.15, -0.1) is 0 Å². The van der Waals surface area contributed by atoms with Gasteiger partial charge in [-0.25, -0.2) is 0 Å². The van der Waals surface area contributed by atoms with Crippen LogP contribution in [0.25, 0.3) is 11.1 Å². The molecule has 0 fully saturated rings. The molecule has 0 aliphatic heterocycles. The predicted molar refractivity (Wildman–Crippen MR) is 95.7 cm³/mol. The van der Waals surface area contributed by atoms with Gasteiger partial charge in [0.15, 0.2) is 0 Å². The summed E-state index contributed by atoms with van der Waals surface area (Å²) in [5.74, 6) is 0. The molecular weight excluding hydrogens is 395 g/mol. The van der Waals surface area contributed by atoms with Crippen LogP contribution in [0, 0.1) is 10.5 Å². The van der Waals surface area contributed by atoms with E-state index in [2.05, 4.69) is 70.3 Å². The van der Waals surface area contributed by atoms with Crippen molar-refractivity contribution in [3.63, 3.8) is 0 Å². The van der Waals surface area contributed by atoms with Crippen molar-refractivity contribution in [3.05, 3.63) is 74.6 Å². The second-order valence-electron chi connectivity index (χ2n) is 5.03. The molecule has 3 rings (SSSR count). The predicted octanol–water partition coefficient (Wildman–Crippen LogP) is 5.16. The fourth-order valence-electron chi connectivity index (χ4n) is 2.22. The Morgan fingerprint density at radius 3 is 2.76 bits per heavy atom. The number of aryl methyl sites for hydroxylation is 1. The number of benzene rings is 2. The zero-order valence-electron chi connectivity index (χ0n) is 11.6. The Morgan fingerprint density at radius 2 is 2.00 bits per heavy atom. The maximum absolute atomic E-state index is 6.28. The highest BCUT2D eigenvalue weighted by atomic mass is 127. The Hall–Kier alpha value is -1.33. The SMILES string of the molecule is Cc1ccc(Cn2cc(-c3cccc(I)c3)cn2)c(Cl)c1. The number of nitrogens with zero attached hydrogens (tertiary/aromatic N) is 2. The van der Waals surface area contributed by atoms with E-state index >= 15 is 0 Å². The lowest BCUT2D eigenvalue weighted by Gasteiger charge is -2.05. The van der Waals surface area contributed by atoms with Gasteiger partial charge in [0.1, 0.15) is 0 Å². The van der Waals surface area contributed by atoms with Crippen molar-refractivity contribution < 1.29 is 0 Å². The second kappa shape index (κ2) is 6.20. The lowest BCUT2D eigenvalue weighted by Crippen LogP contribution is -2.00. The van der Waals surface area contributed by atoms with Crippen molar-refractivity contribution in [3.8, 4) is 11.1 Å². The van der Waals surface area contributed by atoms with Gasteiger partial charge in [0.05, 0.1) is 12.7 Å². The van der Waals surface area contributed by atoms with E-state index in [9.17, 15) is 0 Å². The minimum Gasteiger partial charge on any atom is -0.268 e. The number of rotatable bonds is 3. The number of hydrogen-bond donors (Lipinski definition) is 0. The third-order valence-electron chi connectivity index (χ3n) is 3.33. The summed E-state index contributed by atoms with van der Waals surface area (Å²) in [5.41, 5.74) is 4.56. The number of halogens is 2. The van der Waals surface area contributed by atoms with E-state index in [-0.39, 0.29) is 0 Å². The molecule has 0 atom stereocenters. The fourth-order valence-corrected chi connectivity index (χ4v) is 3.06. The summed E-state index contributed by atoms with van der Waals surface area (Å²) in [4.78, 5) is 0. The molecule has 0 radical (unpaired) electrons. The van der Waals surface area contributed by atoms with E-state index in [1.54, 1.807) is 0 Å². The molecule has 1 aromatic heterocycles. The van der Waals surface area contributed by atoms with Crippen molar-refractivity contribution in [2.24, 2.45) is 0 Å². The molecule has 2 nitrogen and oxygen atoms in total. The van der Waals surface area contributed by atoms with E-state index in [1.165, 1.54) is 14.7 Å². The van der Waals surface area contributed by atoms with Crippen molar-refractivity contribution in [1.29, 1.82) is 0 Å². The standard InChI is InChI=1S/C17H14ClIN2/c1-12-5-6-14(17(18)7-12)10-21-11-15(9-20-21)13-3-2-4-16(19)8-13/h2-9,11H,10H2,1H3. The summed E-state index contributed by atoms with van der Waals surface area (Å²) in [6.45, 7) is 2.72. The average molecular weight is 409 g/mol. The van der Waals surface area contributed by atoms with Gasteiger partial charge >= 0.3 is 0 Å². The largest absolute Gasteiger partial charge is 0.268 e. The zero-order chi connectivity index (χ0) is 14.8. The van der Waals surface area contributed by atoms with Crippen molar-refractivity contribution in [2.45, 2.75) is 13.5 Å². The topological polar surface area (TPSA) is 17.8 Å². The molecule has 0 bridgehead atoms. The van der Waals surface area contributed by atoms with Crippen LogP contribution >= 0.6 is 34.2 Å². The van der Waals surface area contributed by atoms with E-state index in [0.717, 1.165) is 16.1 Å². The number of aromatic nitrogens is 2. The third kappa shape index (κ3) is 3.47. The van der Waals surface area contributed by atoms with Gasteiger partial charge in [-0.3, -0.25) is 4.68 Å². The molecule has 0 aliphatic rings. The maximum Gasteiger partial charge on any atom is 0.0674 e. The molecule has 2 aromatic carbocycles. The molecule has 3 aromatic rings. The van der Waals surface area contributed by atoms with Crippen molar-refractivity contribution in [1.82, 2.24) is 9.78 Å². The van der Waals surface area contributed by atoms with Crippen LogP contribution in [0.1, 0.15) is 11.1 Å². The Morgan fingerprint density at radius 1 is 1.14 bits per heavy atom. The minimum absolute atomic E-state index is 0.684. The van der Waals surface area contributed by atoms with Gasteiger partial charge < -0.3 is 0 Å². The van der Waals surface area contributed by atoms with Gasteiger partial charge in [-0.2, -0.15) is 5.10 Å². The van der Waals surface area contributed by atoms with Crippen molar-refractivity contribution in [2.75, 3.05) is 0 Å². The molecule has 0 spiro atoms.